The minimum atomic E-state index is -0.947. The zero-order chi connectivity index (χ0) is 73.2. The fourth-order valence-electron chi connectivity index (χ4n) is 14.1. The van der Waals surface area contributed by atoms with Crippen molar-refractivity contribution < 1.29 is 29.0 Å². The number of halogens is 1. The van der Waals surface area contributed by atoms with Gasteiger partial charge in [0, 0.05) is 132 Å². The summed E-state index contributed by atoms with van der Waals surface area (Å²) >= 11 is 6.11. The highest BCUT2D eigenvalue weighted by molar-refractivity contribution is 6.28. The first-order valence-corrected chi connectivity index (χ1v) is 36.4. The first-order valence-electron chi connectivity index (χ1n) is 36.0. The summed E-state index contributed by atoms with van der Waals surface area (Å²) < 4.78 is 15.0. The van der Waals surface area contributed by atoms with Crippen LogP contribution < -0.4 is 44.8 Å². The normalized spacial score (nSPS) is 20.8. The molecule has 107 heavy (non-hydrogen) atoms. The van der Waals surface area contributed by atoms with Gasteiger partial charge in [-0.05, 0) is 61.8 Å². The smallest absolute Gasteiger partial charge is 0.326 e. The summed E-state index contributed by atoms with van der Waals surface area (Å²) in [6, 6.07) is 31.5. The molecular formula is C76H81ClN24O6. The minimum Gasteiger partial charge on any atom is -0.480 e. The van der Waals surface area contributed by atoms with Gasteiger partial charge in [0.2, 0.25) is 17.2 Å². The number of nitrogens with zero attached hydrogens (tertiary/aromatic N) is 23. The predicted molar refractivity (Wildman–Crippen MR) is 415 cm³/mol. The molecule has 3 fully saturated rings. The lowest BCUT2D eigenvalue weighted by molar-refractivity contribution is -0.144. The number of piperazine rings is 3. The number of fused-ring (bicyclic) bond motifs is 6. The monoisotopic (exact) mass is 1460 g/mol. The zero-order valence-corrected chi connectivity index (χ0v) is 59.9. The molecule has 6 unspecified atom stereocenters. The van der Waals surface area contributed by atoms with Gasteiger partial charge in [0.25, 0.3) is 0 Å². The van der Waals surface area contributed by atoms with Gasteiger partial charge in [0.1, 0.15) is 19.6 Å². The van der Waals surface area contributed by atoms with E-state index in [-0.39, 0.29) is 72.7 Å². The Morgan fingerprint density at radius 1 is 0.430 bits per heavy atom. The van der Waals surface area contributed by atoms with Gasteiger partial charge in [-0.1, -0.05) is 128 Å². The fourth-order valence-corrected chi connectivity index (χ4v) is 14.3. The molecule has 0 saturated carbocycles. The van der Waals surface area contributed by atoms with Crippen LogP contribution in [-0.4, -0.2) is 210 Å². The van der Waals surface area contributed by atoms with Crippen LogP contribution in [0.15, 0.2) is 198 Å². The Balaban J connectivity index is 0.000000120. The van der Waals surface area contributed by atoms with Crippen molar-refractivity contribution in [3.8, 4) is 0 Å². The molecular weight excluding hydrogens is 1380 g/mol. The molecule has 6 aromatic heterocycles. The number of carbonyl (C=O) groups excluding carboxylic acids is 2. The molecule has 3 aromatic carbocycles. The largest absolute Gasteiger partial charge is 0.480 e. The molecule has 9 aliphatic rings. The number of hydrazone groups is 3. The number of rotatable bonds is 16. The van der Waals surface area contributed by atoms with Crippen LogP contribution >= 0.6 is 11.6 Å². The number of allylic oxidation sites excluding steroid dienone is 6. The van der Waals surface area contributed by atoms with E-state index in [0.717, 1.165) is 78.5 Å². The predicted octanol–water partition coefficient (Wildman–Crippen LogP) is 7.84. The number of carbonyl (C=O) groups is 3. The van der Waals surface area contributed by atoms with Crippen molar-refractivity contribution in [2.24, 2.45) is 33.1 Å². The number of ether oxygens (including phenoxy) is 2. The Bertz CT molecular complexity index is 4940. The number of carboxylic acids is 1. The number of para-hydroxylation sites is 3. The molecule has 9 aromatic rings. The Hall–Kier alpha value is -12.2. The van der Waals surface area contributed by atoms with E-state index in [9.17, 15) is 19.5 Å². The van der Waals surface area contributed by atoms with Crippen LogP contribution in [0.3, 0.4) is 0 Å². The van der Waals surface area contributed by atoms with Gasteiger partial charge in [0.15, 0.2) is 50.9 Å². The molecule has 6 aliphatic heterocycles. The van der Waals surface area contributed by atoms with Crippen molar-refractivity contribution >= 4 is 128 Å². The summed E-state index contributed by atoms with van der Waals surface area (Å²) in [5, 5.41) is 32.1. The van der Waals surface area contributed by atoms with Crippen molar-refractivity contribution in [2.75, 3.05) is 131 Å². The summed E-state index contributed by atoms with van der Waals surface area (Å²) in [5.41, 5.74) is 7.04. The Labute approximate surface area is 622 Å². The third-order valence-corrected chi connectivity index (χ3v) is 19.6. The molecule has 0 radical (unpaired) electrons. The number of imidazole rings is 3. The lowest BCUT2D eigenvalue weighted by Crippen LogP contribution is -2.47. The topological polar surface area (TPSA) is 296 Å². The van der Waals surface area contributed by atoms with Crippen LogP contribution in [-0.2, 0) is 43.5 Å². The van der Waals surface area contributed by atoms with Crippen LogP contribution in [0, 0.1) is 17.8 Å². The highest BCUT2D eigenvalue weighted by atomic mass is 35.5. The van der Waals surface area contributed by atoms with Crippen LogP contribution in [0.2, 0.25) is 5.28 Å². The third kappa shape index (κ3) is 15.6. The maximum atomic E-state index is 12.3. The number of nitrogens with one attached hydrogen (secondary N) is 1. The van der Waals surface area contributed by atoms with Crippen LogP contribution in [0.4, 0.5) is 46.4 Å². The van der Waals surface area contributed by atoms with Crippen LogP contribution in [0.25, 0.3) is 33.5 Å². The van der Waals surface area contributed by atoms with E-state index >= 15 is 0 Å². The second-order valence-electron chi connectivity index (χ2n) is 26.2. The van der Waals surface area contributed by atoms with Crippen molar-refractivity contribution in [2.45, 2.75) is 51.6 Å². The molecule has 12 heterocycles. The first-order chi connectivity index (χ1) is 52.5. The highest BCUT2D eigenvalue weighted by Gasteiger charge is 2.37. The van der Waals surface area contributed by atoms with Crippen molar-refractivity contribution in [1.29, 1.82) is 0 Å². The number of aliphatic carboxylic acids is 1. The van der Waals surface area contributed by atoms with Gasteiger partial charge >= 0.3 is 17.9 Å². The molecule has 0 bridgehead atoms. The van der Waals surface area contributed by atoms with E-state index in [4.69, 9.17) is 41.0 Å². The van der Waals surface area contributed by atoms with Gasteiger partial charge in [-0.2, -0.15) is 45.2 Å². The van der Waals surface area contributed by atoms with Gasteiger partial charge < -0.3 is 58.1 Å². The number of anilines is 8. The maximum Gasteiger partial charge on any atom is 0.326 e. The number of carboxylic acid groups (broad SMARTS) is 1. The number of aromatic nitrogens is 12. The SMILES string of the molecule is CCOC(=O)Cn1cnc2c(N3N=CC4C=CC=CC43)nc(Cl)nc21.CCOC(=O)Cn1cnc2c(N3N=CC4C=CC=CC43)nc(N3CCN(c4ccccc4)CC3)nc21.O=C(O)Cn1cnc2c(N3N=CC4C=CC=CC43)nc(N3CCN(c4ccccc4)CC3)nc21.c1ccc(N2CCNCC2)cc1. The van der Waals surface area contributed by atoms with Crippen LogP contribution in [0.5, 0.6) is 0 Å². The molecule has 31 heteroatoms. The first kappa shape index (κ1) is 70.5. The Morgan fingerprint density at radius 2 is 0.766 bits per heavy atom. The van der Waals surface area contributed by atoms with Gasteiger partial charge in [-0.15, -0.1) is 0 Å². The Morgan fingerprint density at radius 3 is 1.14 bits per heavy atom. The minimum absolute atomic E-state index is 0.00901. The van der Waals surface area contributed by atoms with E-state index in [2.05, 4.69) is 173 Å². The van der Waals surface area contributed by atoms with E-state index in [1.807, 2.05) is 89.4 Å². The third-order valence-electron chi connectivity index (χ3n) is 19.4. The molecule has 3 saturated heterocycles. The summed E-state index contributed by atoms with van der Waals surface area (Å²) in [6.45, 7) is 15.0. The zero-order valence-electron chi connectivity index (χ0n) is 59.2. The quantitative estimate of drug-likeness (QED) is 0.0687. The number of hydrogen-bond donors (Lipinski definition) is 2. The lowest BCUT2D eigenvalue weighted by Gasteiger charge is -2.36. The van der Waals surface area contributed by atoms with Crippen LogP contribution in [0.1, 0.15) is 13.8 Å². The van der Waals surface area contributed by atoms with Gasteiger partial charge in [-0.3, -0.25) is 14.4 Å². The van der Waals surface area contributed by atoms with Crippen molar-refractivity contribution in [3.63, 3.8) is 0 Å². The van der Waals surface area contributed by atoms with E-state index < -0.39 is 5.97 Å². The summed E-state index contributed by atoms with van der Waals surface area (Å²) in [5.74, 6) is 1.82. The molecule has 2 N–H and O–H groups in total. The molecule has 0 amide bonds. The molecule has 3 aliphatic carbocycles. The molecule has 30 nitrogen and oxygen atoms in total. The molecule has 6 atom stereocenters. The summed E-state index contributed by atoms with van der Waals surface area (Å²) in [4.78, 5) is 88.5. The van der Waals surface area contributed by atoms with E-state index in [0.29, 0.717) is 76.1 Å². The average molecular weight is 1460 g/mol. The summed E-state index contributed by atoms with van der Waals surface area (Å²) in [7, 11) is 0. The second kappa shape index (κ2) is 32.5. The summed E-state index contributed by atoms with van der Waals surface area (Å²) in [6.07, 6.45) is 35.0. The number of benzene rings is 3. The average Bonchev–Trinajstić information content (AvgIpc) is 1.82. The maximum absolute atomic E-state index is 12.3. The Kier molecular flexibility index (Phi) is 21.4. The highest BCUT2D eigenvalue weighted by Crippen LogP contribution is 2.37. The van der Waals surface area contributed by atoms with Gasteiger partial charge in [-0.25, -0.2) is 30.0 Å². The van der Waals surface area contributed by atoms with Crippen molar-refractivity contribution in [3.05, 3.63) is 188 Å². The molecule has 0 spiro atoms. The molecule has 548 valence electrons. The van der Waals surface area contributed by atoms with Gasteiger partial charge in [0.05, 0.1) is 50.3 Å². The van der Waals surface area contributed by atoms with E-state index in [1.165, 1.54) is 29.7 Å². The molecule has 18 rings (SSSR count). The van der Waals surface area contributed by atoms with E-state index in [1.54, 1.807) is 38.9 Å². The standard InChI is InChI=1S/C26H28N8O2.C24H24N8O2.C16H15ClN6O2.C10H14N2/c1-2-36-22(35)17-33-18-27-23-24(33)29-26(30-25(23)34-21-11-7-6-8-19(21)16-28-34)32-14-12-31(13-15-32)20-9-4-3-5-10-20;33-20(34)15-31-16-25-21-22(31)27-24(28-23(21)32-19-9-5-4-6-17(19)14-26-32)30-12-10-29(11-13-30)18-7-2-1-3-8-18;1-2-25-12(24)8-22-9-18-13-14(22)20-16(17)21-15(13)23-11-6-4-3-5-10(11)7-19-23;1-2-4-10(5-3-1)12-8-6-11-7-9-12/h3-11,16,18-19,21H,2,12-15,17H2,1H3;1-9,14,16-17,19H,10-13,15H2,(H,33,34);3-7,9-11H,2,8H2,1H3;1-5,11H,6-9H2. The second-order valence-corrected chi connectivity index (χ2v) is 26.5. The number of hydrogen-bond acceptors (Lipinski definition) is 26. The van der Waals surface area contributed by atoms with Crippen molar-refractivity contribution in [1.82, 2.24) is 63.9 Å². The lowest BCUT2D eigenvalue weighted by atomic mass is 9.97. The number of esters is 2. The fraction of sp³-hybridized carbons (Fsp3) is 0.329.